The first-order valence-corrected chi connectivity index (χ1v) is 8.47. The largest absolute Gasteiger partial charge is 0.339 e. The van der Waals surface area contributed by atoms with Crippen LogP contribution in [0.25, 0.3) is 0 Å². The molecule has 0 bridgehead atoms. The molecular formula is C14H18N4OS2. The summed E-state index contributed by atoms with van der Waals surface area (Å²) in [5.41, 5.74) is 1.24. The quantitative estimate of drug-likeness (QED) is 0.375. The molecule has 1 aromatic heterocycles. The molecule has 2 aromatic rings. The van der Waals surface area contributed by atoms with E-state index < -0.39 is 0 Å². The Labute approximate surface area is 133 Å². The molecule has 21 heavy (non-hydrogen) atoms. The first-order valence-electron chi connectivity index (χ1n) is 6.37. The van der Waals surface area contributed by atoms with Crippen LogP contribution in [-0.2, 0) is 0 Å². The molecule has 0 unspecified atom stereocenters. The zero-order valence-corrected chi connectivity index (χ0v) is 13.8. The Kier molecular flexibility index (Phi) is 7.81. The summed E-state index contributed by atoms with van der Waals surface area (Å²) in [6, 6.07) is 7.56. The van der Waals surface area contributed by atoms with Gasteiger partial charge in [-0.25, -0.2) is 9.97 Å². The number of nitrogens with one attached hydrogen (secondary N) is 1. The van der Waals surface area contributed by atoms with Gasteiger partial charge in [0.1, 0.15) is 5.82 Å². The predicted octanol–water partition coefficient (Wildman–Crippen LogP) is 3.75. The van der Waals surface area contributed by atoms with Crippen LogP contribution in [0.3, 0.4) is 0 Å². The van der Waals surface area contributed by atoms with Crippen molar-refractivity contribution in [3.05, 3.63) is 36.0 Å². The first kappa shape index (κ1) is 17.5. The van der Waals surface area contributed by atoms with Crippen LogP contribution >= 0.6 is 23.7 Å². The lowest BCUT2D eigenvalue weighted by Gasteiger charge is -2.09. The van der Waals surface area contributed by atoms with E-state index in [1.54, 1.807) is 0 Å². The van der Waals surface area contributed by atoms with Crippen molar-refractivity contribution in [1.82, 2.24) is 9.97 Å². The van der Waals surface area contributed by atoms with Crippen molar-refractivity contribution in [2.45, 2.75) is 23.9 Å². The molecule has 0 spiro atoms. The smallest absolute Gasteiger partial charge is 0.189 e. The van der Waals surface area contributed by atoms with Gasteiger partial charge in [0.05, 0.1) is 5.56 Å². The lowest BCUT2D eigenvalue weighted by Crippen LogP contribution is -2.01. The van der Waals surface area contributed by atoms with Gasteiger partial charge >= 0.3 is 0 Å². The Morgan fingerprint density at radius 1 is 1.33 bits per heavy atom. The molecule has 0 aliphatic rings. The van der Waals surface area contributed by atoms with E-state index >= 15 is 0 Å². The van der Waals surface area contributed by atoms with Crippen LogP contribution in [0.4, 0.5) is 11.5 Å². The van der Waals surface area contributed by atoms with Gasteiger partial charge in [-0.2, -0.15) is 0 Å². The summed E-state index contributed by atoms with van der Waals surface area (Å²) in [4.78, 5) is 20.3. The Balaban J connectivity index is 0.00000106. The minimum atomic E-state index is 0.420. The topological polar surface area (TPSA) is 80.9 Å². The van der Waals surface area contributed by atoms with E-state index in [0.29, 0.717) is 16.5 Å². The molecule has 0 radical (unpaired) electrons. The SMILES string of the molecule is CC.CSc1ncc(C=O)c(Nc2cccc(SN)c2)n1. The summed E-state index contributed by atoms with van der Waals surface area (Å²) in [6.45, 7) is 4.00. The number of aldehydes is 1. The molecule has 0 fully saturated rings. The number of carbonyl (C=O) groups excluding carboxylic acids is 1. The normalized spacial score (nSPS) is 9.52. The molecule has 7 heteroatoms. The summed E-state index contributed by atoms with van der Waals surface area (Å²) in [7, 11) is 0. The van der Waals surface area contributed by atoms with Crippen LogP contribution < -0.4 is 10.5 Å². The number of thioether (sulfide) groups is 1. The van der Waals surface area contributed by atoms with Gasteiger partial charge in [-0.1, -0.05) is 31.7 Å². The number of aromatic nitrogens is 2. The summed E-state index contributed by atoms with van der Waals surface area (Å²) in [6.07, 6.45) is 4.12. The summed E-state index contributed by atoms with van der Waals surface area (Å²) >= 11 is 2.58. The van der Waals surface area contributed by atoms with E-state index in [1.165, 1.54) is 18.0 Å². The highest BCUT2D eigenvalue weighted by molar-refractivity contribution is 7.98. The molecule has 0 aliphatic heterocycles. The molecule has 5 nitrogen and oxygen atoms in total. The second-order valence-corrected chi connectivity index (χ2v) is 5.03. The minimum absolute atomic E-state index is 0.420. The molecule has 2 rings (SSSR count). The van der Waals surface area contributed by atoms with Crippen molar-refractivity contribution >= 4 is 41.5 Å². The fourth-order valence-electron chi connectivity index (χ4n) is 1.44. The highest BCUT2D eigenvalue weighted by Gasteiger charge is 2.07. The highest BCUT2D eigenvalue weighted by Crippen LogP contribution is 2.22. The number of anilines is 2. The molecule has 0 amide bonds. The van der Waals surface area contributed by atoms with E-state index in [1.807, 2.05) is 44.4 Å². The maximum atomic E-state index is 11.0. The fraction of sp³-hybridized carbons (Fsp3) is 0.214. The third-order valence-corrected chi connectivity index (χ3v) is 3.43. The Morgan fingerprint density at radius 2 is 2.10 bits per heavy atom. The molecule has 0 saturated heterocycles. The molecular weight excluding hydrogens is 304 g/mol. The fourth-order valence-corrected chi connectivity index (χ4v) is 2.14. The predicted molar refractivity (Wildman–Crippen MR) is 90.3 cm³/mol. The number of hydrogen-bond donors (Lipinski definition) is 2. The summed E-state index contributed by atoms with van der Waals surface area (Å²) in [5, 5.41) is 9.23. The molecule has 0 aliphatic carbocycles. The van der Waals surface area contributed by atoms with Gasteiger partial charge in [0.25, 0.3) is 0 Å². The Bertz CT molecular complexity index is 593. The maximum absolute atomic E-state index is 11.0. The maximum Gasteiger partial charge on any atom is 0.189 e. The van der Waals surface area contributed by atoms with Crippen LogP contribution in [0.15, 0.2) is 40.5 Å². The van der Waals surface area contributed by atoms with Crippen molar-refractivity contribution in [1.29, 1.82) is 0 Å². The number of hydrogen-bond acceptors (Lipinski definition) is 7. The molecule has 3 N–H and O–H groups in total. The van der Waals surface area contributed by atoms with Gasteiger partial charge in [0.15, 0.2) is 11.4 Å². The highest BCUT2D eigenvalue weighted by atomic mass is 32.2. The van der Waals surface area contributed by atoms with Crippen molar-refractivity contribution in [2.24, 2.45) is 5.14 Å². The summed E-state index contributed by atoms with van der Waals surface area (Å²) in [5.74, 6) is 0.494. The molecule has 112 valence electrons. The van der Waals surface area contributed by atoms with E-state index in [9.17, 15) is 4.79 Å². The van der Waals surface area contributed by atoms with E-state index in [0.717, 1.165) is 28.8 Å². The van der Waals surface area contributed by atoms with Crippen LogP contribution in [0.1, 0.15) is 24.2 Å². The van der Waals surface area contributed by atoms with E-state index in [-0.39, 0.29) is 0 Å². The average molecular weight is 322 g/mol. The van der Waals surface area contributed by atoms with E-state index in [2.05, 4.69) is 15.3 Å². The molecule has 1 heterocycles. The molecule has 0 saturated carbocycles. The Hall–Kier alpha value is -1.57. The lowest BCUT2D eigenvalue weighted by atomic mass is 10.3. The second kappa shape index (κ2) is 9.38. The zero-order chi connectivity index (χ0) is 15.7. The lowest BCUT2D eigenvalue weighted by molar-refractivity contribution is 0.112. The first-order chi connectivity index (χ1) is 10.3. The number of nitrogens with two attached hydrogens (primary N) is 1. The summed E-state index contributed by atoms with van der Waals surface area (Å²) < 4.78 is 0. The van der Waals surface area contributed by atoms with Gasteiger partial charge < -0.3 is 5.32 Å². The van der Waals surface area contributed by atoms with E-state index in [4.69, 9.17) is 5.14 Å². The van der Waals surface area contributed by atoms with Crippen molar-refractivity contribution in [3.63, 3.8) is 0 Å². The van der Waals surface area contributed by atoms with Gasteiger partial charge in [-0.15, -0.1) is 0 Å². The van der Waals surface area contributed by atoms with Crippen LogP contribution in [0.2, 0.25) is 0 Å². The molecule has 0 atom stereocenters. The number of benzene rings is 1. The number of rotatable bonds is 5. The standard InChI is InChI=1S/C12H12N4OS2.C2H6/c1-18-12-14-6-8(7-17)11(16-12)15-9-3-2-4-10(5-9)19-13;1-2/h2-7H,13H2,1H3,(H,14,15,16);1-2H3. The molecule has 1 aromatic carbocycles. The second-order valence-electron chi connectivity index (χ2n) is 3.55. The van der Waals surface area contributed by atoms with Gasteiger partial charge in [-0.05, 0) is 36.4 Å². The van der Waals surface area contributed by atoms with Crippen molar-refractivity contribution in [2.75, 3.05) is 11.6 Å². The number of carbonyl (C=O) groups is 1. The zero-order valence-electron chi connectivity index (χ0n) is 12.2. The Morgan fingerprint density at radius 3 is 2.71 bits per heavy atom. The third-order valence-electron chi connectivity index (χ3n) is 2.34. The average Bonchev–Trinajstić information content (AvgIpc) is 2.56. The number of nitrogens with zero attached hydrogens (tertiary/aromatic N) is 2. The third kappa shape index (κ3) is 5.04. The monoisotopic (exact) mass is 322 g/mol. The van der Waals surface area contributed by atoms with Gasteiger partial charge in [0.2, 0.25) is 0 Å². The van der Waals surface area contributed by atoms with Crippen LogP contribution in [0.5, 0.6) is 0 Å². The van der Waals surface area contributed by atoms with Gasteiger partial charge in [0, 0.05) is 16.8 Å². The van der Waals surface area contributed by atoms with Crippen LogP contribution in [-0.4, -0.2) is 22.5 Å². The van der Waals surface area contributed by atoms with Crippen molar-refractivity contribution < 1.29 is 4.79 Å². The van der Waals surface area contributed by atoms with Crippen LogP contribution in [0, 0.1) is 0 Å². The van der Waals surface area contributed by atoms with Crippen molar-refractivity contribution in [3.8, 4) is 0 Å². The minimum Gasteiger partial charge on any atom is -0.339 e. The van der Waals surface area contributed by atoms with Gasteiger partial charge in [-0.3, -0.25) is 9.93 Å².